The minimum atomic E-state index is -8.02. The van der Waals surface area contributed by atoms with Crippen LogP contribution < -0.4 is 9.13 Å². The van der Waals surface area contributed by atoms with Crippen LogP contribution in [0.25, 0.3) is 22.8 Å². The van der Waals surface area contributed by atoms with Crippen molar-refractivity contribution in [2.75, 3.05) is 0 Å². The number of hydrogen-bond donors (Lipinski definition) is 0. The predicted octanol–water partition coefficient (Wildman–Crippen LogP) is 3.33. The zero-order valence-electron chi connectivity index (χ0n) is 29.6. The van der Waals surface area contributed by atoms with Crippen molar-refractivity contribution in [1.29, 1.82) is 0 Å². The Morgan fingerprint density at radius 1 is 0.375 bits per heavy atom. The number of aryl methyl sites for hydroxylation is 2. The van der Waals surface area contributed by atoms with Crippen LogP contribution in [0.1, 0.15) is 0 Å². The lowest BCUT2D eigenvalue weighted by molar-refractivity contribution is -0.671. The van der Waals surface area contributed by atoms with E-state index in [1.807, 2.05) is 72.3 Å². The average molecular weight is 1090 g/mol. The molecule has 3 heterocycles. The molecule has 366 valence electrons. The highest BCUT2D eigenvalue weighted by Crippen LogP contribution is 2.49. The highest BCUT2D eigenvalue weighted by atomic mass is 32.3. The van der Waals surface area contributed by atoms with Crippen LogP contribution in [0.5, 0.6) is 0 Å². The van der Waals surface area contributed by atoms with E-state index in [9.17, 15) is 130 Å². The van der Waals surface area contributed by atoms with Gasteiger partial charge in [-0.2, -0.15) is 79.0 Å². The zero-order chi connectivity index (χ0) is 51.1. The van der Waals surface area contributed by atoms with Crippen LogP contribution in [0, 0.1) is 7.83 Å². The maximum absolute atomic E-state index is 12.0. The Kier molecular flexibility index (Phi) is 16.4. The minimum absolute atomic E-state index is 0.684. The number of hydrogen-bond acceptors (Lipinski definition) is 15. The Balaban J connectivity index is 0.000000480. The molecule has 3 aromatic rings. The molecule has 0 radical (unpaired) electrons. The first-order valence-corrected chi connectivity index (χ1v) is 23.1. The summed E-state index contributed by atoms with van der Waals surface area (Å²) in [5.74, 6) is 1.37. The van der Waals surface area contributed by atoms with E-state index in [-0.39, 0.29) is 0 Å². The highest BCUT2D eigenvalue weighted by Gasteiger charge is 2.65. The normalized spacial score (nSPS) is 14.3. The van der Waals surface area contributed by atoms with Crippen molar-refractivity contribution in [2.24, 2.45) is 14.1 Å². The molecule has 0 saturated carbocycles. The average Bonchev–Trinajstić information content (AvgIpc) is 3.06. The molecule has 0 atom stereocenters. The van der Waals surface area contributed by atoms with Gasteiger partial charge in [0.1, 0.15) is 20.4 Å². The molecule has 0 spiro atoms. The zero-order valence-corrected chi connectivity index (χ0v) is 34.5. The van der Waals surface area contributed by atoms with Crippen LogP contribution in [0.15, 0.2) is 55.4 Å². The molecule has 0 bridgehead atoms. The summed E-state index contributed by atoms with van der Waals surface area (Å²) in [7, 11) is -44.2. The fourth-order valence-corrected chi connectivity index (χ4v) is 14.8. The lowest BCUT2D eigenvalue weighted by Gasteiger charge is -2.31. The Morgan fingerprint density at radius 2 is 0.547 bits per heavy atom. The third-order valence-electron chi connectivity index (χ3n) is 6.19. The molecule has 0 amide bonds. The topological polar surface area (TPSA) is 251 Å². The third-order valence-corrected chi connectivity index (χ3v) is 20.4. The van der Waals surface area contributed by atoms with Crippen molar-refractivity contribution in [3.63, 3.8) is 0 Å². The highest BCUT2D eigenvalue weighted by molar-refractivity contribution is 8.30. The maximum Gasteiger partial charge on any atom is 0.470 e. The first-order valence-electron chi connectivity index (χ1n) is 14.2. The molecule has 3 rings (SSSR count). The molecule has 64 heavy (non-hydrogen) atoms. The van der Waals surface area contributed by atoms with Crippen LogP contribution in [-0.4, -0.2) is 98.5 Å². The number of nitrogens with zero attached hydrogens (tertiary/aromatic N) is 5. The second-order valence-electron chi connectivity index (χ2n) is 10.8. The van der Waals surface area contributed by atoms with Gasteiger partial charge in [-0.05, 0) is 0 Å². The monoisotopic (exact) mass is 1090 g/mol. The quantitative estimate of drug-likeness (QED) is 0.178. The molecule has 3 aromatic heterocycles. The van der Waals surface area contributed by atoms with Gasteiger partial charge in [0, 0.05) is 35.4 Å². The van der Waals surface area contributed by atoms with Gasteiger partial charge in [-0.25, -0.2) is 24.1 Å². The SMILES string of the molecule is C[n+]1ccc(-c2ncnc(-c3cc[n+](C)cc3)n2)cc1.O=S(=O)([C-](S(=O)(=O)C(F)(F)F)S(=O)(=O)C(F)(F)F)C(F)(F)F.O=S(=O)([C-](S(=O)(=O)C(F)(F)F)S(=O)(=O)C(F)(F)F)C(F)(F)F. The van der Waals surface area contributed by atoms with Gasteiger partial charge in [-0.3, -0.25) is 50.5 Å². The van der Waals surface area contributed by atoms with Crippen LogP contribution in [0.3, 0.4) is 0 Å². The van der Waals surface area contributed by atoms with Gasteiger partial charge in [-0.1, -0.05) is 0 Å². The van der Waals surface area contributed by atoms with E-state index in [1.165, 1.54) is 0 Å². The van der Waals surface area contributed by atoms with Gasteiger partial charge >= 0.3 is 33.0 Å². The van der Waals surface area contributed by atoms with Gasteiger partial charge in [0.2, 0.25) is 0 Å². The Hall–Kier alpha value is -4.25. The Labute approximate surface area is 344 Å². The Morgan fingerprint density at radius 3 is 0.703 bits per heavy atom. The fourth-order valence-electron chi connectivity index (χ4n) is 3.31. The van der Waals surface area contributed by atoms with Crippen molar-refractivity contribution < 1.29 is 139 Å². The van der Waals surface area contributed by atoms with Crippen LogP contribution in [-0.2, 0) is 73.1 Å². The molecule has 0 saturated heterocycles. The van der Waals surface area contributed by atoms with Gasteiger partial charge in [0.05, 0.1) is 7.83 Å². The minimum Gasteiger partial charge on any atom is -0.251 e. The number of aromatic nitrogens is 5. The molecule has 0 aliphatic carbocycles. The smallest absolute Gasteiger partial charge is 0.251 e. The van der Waals surface area contributed by atoms with Crippen molar-refractivity contribution in [3.8, 4) is 22.8 Å². The molecule has 0 N–H and O–H groups in total. The number of rotatable bonds is 8. The largest absolute Gasteiger partial charge is 0.470 e. The molecule has 41 heteroatoms. The molecule has 0 aliphatic rings. The predicted molar refractivity (Wildman–Crippen MR) is 169 cm³/mol. The summed E-state index contributed by atoms with van der Waals surface area (Å²) >= 11 is 0. The van der Waals surface area contributed by atoms with Crippen LogP contribution >= 0.6 is 0 Å². The van der Waals surface area contributed by atoms with Crippen molar-refractivity contribution in [3.05, 3.63) is 63.2 Å². The lowest BCUT2D eigenvalue weighted by atomic mass is 10.2. The van der Waals surface area contributed by atoms with E-state index in [2.05, 4.69) is 15.0 Å². The van der Waals surface area contributed by atoms with Gasteiger partial charge < -0.3 is 0 Å². The standard InChI is InChI=1S/C15H15N5.2C4F9O6S3/c1-19-7-3-12(4-8-19)14-16-11-17-15(18-14)13-5-9-20(2)10-6-13;2*5-2(6,7)20(14,15)1(21(16,17)3(8,9)10)22(18,19)4(11,12)13/h3-11H,1-2H3;;/q+2;2*-1. The van der Waals surface area contributed by atoms with E-state index >= 15 is 0 Å². The second kappa shape index (κ2) is 18.2. The summed E-state index contributed by atoms with van der Waals surface area (Å²) < 4.78 is 339. The Bertz CT molecular complexity index is 2440. The first-order chi connectivity index (χ1) is 28.0. The van der Waals surface area contributed by atoms with E-state index in [0.717, 1.165) is 11.1 Å². The lowest BCUT2D eigenvalue weighted by Crippen LogP contribution is -2.47. The van der Waals surface area contributed by atoms with E-state index in [1.54, 1.807) is 6.33 Å². The van der Waals surface area contributed by atoms with E-state index in [4.69, 9.17) is 0 Å². The number of sulfone groups is 6. The van der Waals surface area contributed by atoms with Crippen LogP contribution in [0.4, 0.5) is 79.0 Å². The number of halogens is 18. The number of alkyl halides is 18. The molecular formula is C23H15F18N5O12S6. The summed E-state index contributed by atoms with van der Waals surface area (Å²) in [6, 6.07) is 7.96. The van der Waals surface area contributed by atoms with Crippen LogP contribution in [0.2, 0.25) is 0 Å². The molecular weight excluding hydrogens is 1070 g/mol. The van der Waals surface area contributed by atoms with Crippen molar-refractivity contribution >= 4 is 59.0 Å². The summed E-state index contributed by atoms with van der Waals surface area (Å²) in [6.45, 7) is 0. The number of pyridine rings is 2. The molecule has 0 aromatic carbocycles. The summed E-state index contributed by atoms with van der Waals surface area (Å²) in [5, 5.41) is 0. The van der Waals surface area contributed by atoms with Gasteiger partial charge in [0.25, 0.3) is 0 Å². The first kappa shape index (κ1) is 57.8. The molecule has 0 fully saturated rings. The van der Waals surface area contributed by atoms with E-state index < -0.39 is 99.9 Å². The van der Waals surface area contributed by atoms with Gasteiger partial charge in [-0.15, -0.1) is 0 Å². The maximum atomic E-state index is 12.0. The van der Waals surface area contributed by atoms with E-state index in [0.29, 0.717) is 11.6 Å². The van der Waals surface area contributed by atoms with Crippen molar-refractivity contribution in [1.82, 2.24) is 15.0 Å². The second-order valence-corrected chi connectivity index (χ2v) is 23.7. The van der Waals surface area contributed by atoms with Crippen molar-refractivity contribution in [2.45, 2.75) is 33.0 Å². The third kappa shape index (κ3) is 12.1. The molecule has 17 nitrogen and oxygen atoms in total. The summed E-state index contributed by atoms with van der Waals surface area (Å²) in [5.41, 5.74) is -40.4. The summed E-state index contributed by atoms with van der Waals surface area (Å²) in [6.07, 6.45) is 9.45. The fraction of sp³-hybridized carbons (Fsp3) is 0.348. The molecule has 0 aliphatic heterocycles. The molecule has 0 unspecified atom stereocenters. The van der Waals surface area contributed by atoms with Gasteiger partial charge in [0.15, 0.2) is 95.5 Å². The summed E-state index contributed by atoms with van der Waals surface area (Å²) in [4.78, 5) is 13.0.